The van der Waals surface area contributed by atoms with Crippen LogP contribution in [0.4, 0.5) is 11.8 Å². The summed E-state index contributed by atoms with van der Waals surface area (Å²) in [6, 6.07) is 0.555. The van der Waals surface area contributed by atoms with E-state index in [9.17, 15) is 0 Å². The molecule has 0 amide bonds. The van der Waals surface area contributed by atoms with Crippen molar-refractivity contribution in [1.82, 2.24) is 19.9 Å². The van der Waals surface area contributed by atoms with Crippen LogP contribution >= 0.6 is 0 Å². The highest BCUT2D eigenvalue weighted by molar-refractivity contribution is 5.84. The van der Waals surface area contributed by atoms with E-state index in [1.165, 1.54) is 32.1 Å². The van der Waals surface area contributed by atoms with E-state index in [-0.39, 0.29) is 0 Å². The predicted octanol–water partition coefficient (Wildman–Crippen LogP) is 2.09. The van der Waals surface area contributed by atoms with Crippen LogP contribution in [-0.4, -0.2) is 32.5 Å². The monoisotopic (exact) mass is 260 g/mol. The molecule has 19 heavy (non-hydrogen) atoms. The van der Waals surface area contributed by atoms with Crippen LogP contribution in [0, 0.1) is 0 Å². The van der Waals surface area contributed by atoms with Crippen molar-refractivity contribution in [2.75, 3.05) is 17.2 Å². The first-order valence-corrected chi connectivity index (χ1v) is 7.03. The van der Waals surface area contributed by atoms with Crippen molar-refractivity contribution in [1.29, 1.82) is 0 Å². The van der Waals surface area contributed by atoms with Crippen LogP contribution < -0.4 is 10.6 Å². The summed E-state index contributed by atoms with van der Waals surface area (Å²) in [6.45, 7) is 3.09. The van der Waals surface area contributed by atoms with Crippen molar-refractivity contribution in [3.63, 3.8) is 0 Å². The van der Waals surface area contributed by atoms with E-state index in [1.54, 1.807) is 6.33 Å². The van der Waals surface area contributed by atoms with Crippen LogP contribution in [0.25, 0.3) is 11.2 Å². The summed E-state index contributed by atoms with van der Waals surface area (Å²) < 4.78 is 0. The number of nitrogens with two attached hydrogens (primary N) is 1. The van der Waals surface area contributed by atoms with Crippen molar-refractivity contribution < 1.29 is 0 Å². The predicted molar refractivity (Wildman–Crippen MR) is 76.0 cm³/mol. The van der Waals surface area contributed by atoms with Gasteiger partial charge < -0.3 is 15.6 Å². The Hall–Kier alpha value is -1.85. The maximum atomic E-state index is 5.80. The molecule has 3 N–H and O–H groups in total. The third-order valence-corrected chi connectivity index (χ3v) is 3.91. The Morgan fingerprint density at radius 2 is 2.11 bits per heavy atom. The largest absolute Gasteiger partial charge is 0.368 e. The number of nitrogens with one attached hydrogen (secondary N) is 1. The van der Waals surface area contributed by atoms with E-state index < -0.39 is 0 Å². The van der Waals surface area contributed by atoms with Crippen molar-refractivity contribution >= 4 is 22.9 Å². The summed E-state index contributed by atoms with van der Waals surface area (Å²) >= 11 is 0. The summed E-state index contributed by atoms with van der Waals surface area (Å²) in [4.78, 5) is 18.3. The number of hydrogen-bond acceptors (Lipinski definition) is 5. The van der Waals surface area contributed by atoms with E-state index in [0.717, 1.165) is 17.9 Å². The number of rotatable bonds is 3. The Labute approximate surface area is 112 Å². The maximum absolute atomic E-state index is 5.80. The normalized spacial score (nSPS) is 16.9. The number of H-pyrrole nitrogens is 1. The fourth-order valence-corrected chi connectivity index (χ4v) is 3.02. The summed E-state index contributed by atoms with van der Waals surface area (Å²) in [6.07, 6.45) is 8.05. The first-order valence-electron chi connectivity index (χ1n) is 7.03. The van der Waals surface area contributed by atoms with Crippen LogP contribution in [0.2, 0.25) is 0 Å². The molecule has 1 saturated carbocycles. The zero-order chi connectivity index (χ0) is 13.2. The quantitative estimate of drug-likeness (QED) is 0.882. The molecule has 0 spiro atoms. The van der Waals surface area contributed by atoms with Crippen LogP contribution in [-0.2, 0) is 0 Å². The Bertz CT molecular complexity index is 557. The van der Waals surface area contributed by atoms with E-state index in [4.69, 9.17) is 5.73 Å². The molecule has 2 heterocycles. The lowest BCUT2D eigenvalue weighted by Gasteiger charge is -2.34. The van der Waals surface area contributed by atoms with Crippen LogP contribution in [0.15, 0.2) is 6.33 Å². The number of fused-ring (bicyclic) bond motifs is 1. The fraction of sp³-hybridized carbons (Fsp3) is 0.615. The van der Waals surface area contributed by atoms with E-state index in [2.05, 4.69) is 31.8 Å². The van der Waals surface area contributed by atoms with Crippen molar-refractivity contribution in [3.8, 4) is 0 Å². The van der Waals surface area contributed by atoms with Gasteiger partial charge in [-0.2, -0.15) is 9.97 Å². The number of nitrogens with zero attached hydrogens (tertiary/aromatic N) is 4. The molecule has 1 fully saturated rings. The number of hydrogen-bond donors (Lipinski definition) is 2. The van der Waals surface area contributed by atoms with Gasteiger partial charge in [0.1, 0.15) is 5.52 Å². The number of aromatic amines is 1. The minimum Gasteiger partial charge on any atom is -0.368 e. The van der Waals surface area contributed by atoms with Gasteiger partial charge in [-0.25, -0.2) is 4.98 Å². The second kappa shape index (κ2) is 5.03. The van der Waals surface area contributed by atoms with E-state index in [0.29, 0.717) is 17.6 Å². The third-order valence-electron chi connectivity index (χ3n) is 3.91. The number of nitrogen functional groups attached to an aromatic ring is 1. The van der Waals surface area contributed by atoms with Crippen molar-refractivity contribution in [2.45, 2.75) is 45.1 Å². The molecule has 0 aliphatic heterocycles. The Kier molecular flexibility index (Phi) is 3.23. The van der Waals surface area contributed by atoms with Crippen LogP contribution in [0.1, 0.15) is 39.0 Å². The molecular formula is C13H20N6. The fourth-order valence-electron chi connectivity index (χ4n) is 3.02. The molecule has 0 bridgehead atoms. The molecule has 102 valence electrons. The average molecular weight is 260 g/mol. The van der Waals surface area contributed by atoms with Gasteiger partial charge in [0.25, 0.3) is 0 Å². The Morgan fingerprint density at radius 3 is 2.84 bits per heavy atom. The number of imidazole rings is 1. The topological polar surface area (TPSA) is 83.7 Å². The molecule has 0 aromatic carbocycles. The number of anilines is 2. The van der Waals surface area contributed by atoms with Crippen LogP contribution in [0.3, 0.4) is 0 Å². The first kappa shape index (κ1) is 12.2. The molecule has 2 aromatic rings. The average Bonchev–Trinajstić information content (AvgIpc) is 2.89. The molecule has 1 aliphatic carbocycles. The number of aromatic nitrogens is 4. The molecular weight excluding hydrogens is 240 g/mol. The zero-order valence-electron chi connectivity index (χ0n) is 11.3. The van der Waals surface area contributed by atoms with Gasteiger partial charge in [0, 0.05) is 12.6 Å². The highest BCUT2D eigenvalue weighted by Gasteiger charge is 2.24. The molecule has 6 nitrogen and oxygen atoms in total. The lowest BCUT2D eigenvalue weighted by molar-refractivity contribution is 0.417. The van der Waals surface area contributed by atoms with Crippen molar-refractivity contribution in [3.05, 3.63) is 6.33 Å². The lowest BCUT2D eigenvalue weighted by atomic mass is 9.94. The molecule has 0 saturated heterocycles. The second-order valence-electron chi connectivity index (χ2n) is 5.08. The minimum absolute atomic E-state index is 0.295. The van der Waals surface area contributed by atoms with Crippen molar-refractivity contribution in [2.24, 2.45) is 0 Å². The smallest absolute Gasteiger partial charge is 0.224 e. The summed E-state index contributed by atoms with van der Waals surface area (Å²) in [5.74, 6) is 1.19. The van der Waals surface area contributed by atoms with Gasteiger partial charge in [-0.3, -0.25) is 0 Å². The van der Waals surface area contributed by atoms with Gasteiger partial charge in [-0.1, -0.05) is 19.3 Å². The Balaban J connectivity index is 2.02. The summed E-state index contributed by atoms with van der Waals surface area (Å²) in [7, 11) is 0. The molecule has 0 atom stereocenters. The van der Waals surface area contributed by atoms with Gasteiger partial charge >= 0.3 is 0 Å². The minimum atomic E-state index is 0.295. The molecule has 1 aliphatic rings. The van der Waals surface area contributed by atoms with Gasteiger partial charge in [-0.05, 0) is 19.8 Å². The maximum Gasteiger partial charge on any atom is 0.224 e. The molecule has 0 unspecified atom stereocenters. The zero-order valence-corrected chi connectivity index (χ0v) is 11.3. The molecule has 3 rings (SSSR count). The first-order chi connectivity index (χ1) is 9.29. The summed E-state index contributed by atoms with van der Waals surface area (Å²) in [5.41, 5.74) is 7.34. The van der Waals surface area contributed by atoms with Gasteiger partial charge in [0.2, 0.25) is 5.95 Å². The van der Waals surface area contributed by atoms with Gasteiger partial charge in [0.15, 0.2) is 11.5 Å². The van der Waals surface area contributed by atoms with Crippen LogP contribution in [0.5, 0.6) is 0 Å². The lowest BCUT2D eigenvalue weighted by Crippen LogP contribution is -2.37. The summed E-state index contributed by atoms with van der Waals surface area (Å²) in [5, 5.41) is 0. The highest BCUT2D eigenvalue weighted by atomic mass is 15.2. The van der Waals surface area contributed by atoms with E-state index >= 15 is 0 Å². The van der Waals surface area contributed by atoms with E-state index in [1.807, 2.05) is 0 Å². The second-order valence-corrected chi connectivity index (χ2v) is 5.08. The molecule has 0 radical (unpaired) electrons. The molecule has 6 heteroatoms. The Morgan fingerprint density at radius 1 is 1.32 bits per heavy atom. The highest BCUT2D eigenvalue weighted by Crippen LogP contribution is 2.29. The SMILES string of the molecule is CCN(c1nc(N)nc2nc[nH]c12)C1CCCCC1. The molecule has 2 aromatic heterocycles. The standard InChI is InChI=1S/C13H20N6/c1-2-19(9-6-4-3-5-7-9)12-10-11(16-8-15-10)17-13(14)18-12/h8-9H,2-7H2,1H3,(H3,14,15,16,17,18). The third kappa shape index (κ3) is 2.22. The van der Waals surface area contributed by atoms with Gasteiger partial charge in [0.05, 0.1) is 6.33 Å². The van der Waals surface area contributed by atoms with Gasteiger partial charge in [-0.15, -0.1) is 0 Å².